The summed E-state index contributed by atoms with van der Waals surface area (Å²) in [5.74, 6) is 2.92. The van der Waals surface area contributed by atoms with Gasteiger partial charge in [-0.1, -0.05) is 30.3 Å². The standard InChI is InChI=1S/C20H27N3O3/c1-23(2)20(22-15-16-8-6-5-7-9-16)21-10-11-26-19-13-17(24-3)12-18(14-19)25-4/h5-9,12-14H,10-11,15H2,1-4H3,(H,21,22). The highest BCUT2D eigenvalue weighted by Crippen LogP contribution is 2.27. The van der Waals surface area contributed by atoms with Gasteiger partial charge in [0.05, 0.1) is 27.3 Å². The van der Waals surface area contributed by atoms with E-state index in [0.29, 0.717) is 36.9 Å². The first-order valence-corrected chi connectivity index (χ1v) is 8.48. The summed E-state index contributed by atoms with van der Waals surface area (Å²) in [5, 5.41) is 3.31. The average Bonchev–Trinajstić information content (AvgIpc) is 2.67. The van der Waals surface area contributed by atoms with Crippen molar-refractivity contribution < 1.29 is 14.2 Å². The first-order valence-electron chi connectivity index (χ1n) is 8.48. The summed E-state index contributed by atoms with van der Waals surface area (Å²) in [4.78, 5) is 6.58. The van der Waals surface area contributed by atoms with Crippen molar-refractivity contribution in [3.05, 3.63) is 54.1 Å². The lowest BCUT2D eigenvalue weighted by Gasteiger charge is -2.18. The maximum Gasteiger partial charge on any atom is 0.193 e. The van der Waals surface area contributed by atoms with Gasteiger partial charge in [0, 0.05) is 32.3 Å². The number of methoxy groups -OCH3 is 2. The molecule has 26 heavy (non-hydrogen) atoms. The van der Waals surface area contributed by atoms with Crippen LogP contribution in [0.5, 0.6) is 17.2 Å². The third-order valence-corrected chi connectivity index (χ3v) is 3.66. The summed E-state index contributed by atoms with van der Waals surface area (Å²) in [6.07, 6.45) is 0. The Labute approximate surface area is 155 Å². The van der Waals surface area contributed by atoms with Crippen LogP contribution in [-0.4, -0.2) is 52.3 Å². The second kappa shape index (κ2) is 10.2. The van der Waals surface area contributed by atoms with Crippen molar-refractivity contribution in [1.82, 2.24) is 10.2 Å². The Bertz CT molecular complexity index is 680. The molecule has 0 aliphatic carbocycles. The lowest BCUT2D eigenvalue weighted by atomic mass is 10.2. The molecule has 0 fully saturated rings. The van der Waals surface area contributed by atoms with E-state index in [4.69, 9.17) is 14.2 Å². The number of hydrogen-bond acceptors (Lipinski definition) is 4. The van der Waals surface area contributed by atoms with Crippen LogP contribution in [0.2, 0.25) is 0 Å². The smallest absolute Gasteiger partial charge is 0.193 e. The quantitative estimate of drug-likeness (QED) is 0.447. The monoisotopic (exact) mass is 357 g/mol. The molecule has 2 rings (SSSR count). The third kappa shape index (κ3) is 6.20. The van der Waals surface area contributed by atoms with Crippen LogP contribution in [0.4, 0.5) is 0 Å². The molecule has 1 N–H and O–H groups in total. The van der Waals surface area contributed by atoms with Gasteiger partial charge in [-0.2, -0.15) is 0 Å². The number of benzene rings is 2. The summed E-state index contributed by atoms with van der Waals surface area (Å²) >= 11 is 0. The zero-order valence-corrected chi connectivity index (χ0v) is 15.9. The van der Waals surface area contributed by atoms with Crippen molar-refractivity contribution in [3.8, 4) is 17.2 Å². The molecule has 0 heterocycles. The topological polar surface area (TPSA) is 55.3 Å². The largest absolute Gasteiger partial charge is 0.496 e. The van der Waals surface area contributed by atoms with Gasteiger partial charge < -0.3 is 24.4 Å². The predicted molar refractivity (Wildman–Crippen MR) is 104 cm³/mol. The number of nitrogens with one attached hydrogen (secondary N) is 1. The molecule has 6 nitrogen and oxygen atoms in total. The van der Waals surface area contributed by atoms with Gasteiger partial charge in [-0.25, -0.2) is 4.99 Å². The van der Waals surface area contributed by atoms with E-state index in [0.717, 1.165) is 5.96 Å². The molecule has 0 spiro atoms. The Morgan fingerprint density at radius 3 is 2.15 bits per heavy atom. The molecule has 0 amide bonds. The first kappa shape index (κ1) is 19.4. The highest BCUT2D eigenvalue weighted by atomic mass is 16.5. The second-order valence-electron chi connectivity index (χ2n) is 5.84. The van der Waals surface area contributed by atoms with Gasteiger partial charge in [0.1, 0.15) is 23.9 Å². The molecule has 0 aliphatic rings. The molecule has 0 bridgehead atoms. The van der Waals surface area contributed by atoms with Crippen LogP contribution in [0, 0.1) is 0 Å². The SMILES string of the molecule is COc1cc(OC)cc(OCCNC(=NCc2ccccc2)N(C)C)c1. The molecule has 140 valence electrons. The van der Waals surface area contributed by atoms with Crippen LogP contribution >= 0.6 is 0 Å². The van der Waals surface area contributed by atoms with E-state index in [-0.39, 0.29) is 0 Å². The highest BCUT2D eigenvalue weighted by molar-refractivity contribution is 5.79. The van der Waals surface area contributed by atoms with Crippen LogP contribution < -0.4 is 19.5 Å². The maximum absolute atomic E-state index is 5.79. The molecule has 6 heteroatoms. The molecule has 0 atom stereocenters. The van der Waals surface area contributed by atoms with Crippen LogP contribution in [0.1, 0.15) is 5.56 Å². The molecule has 0 unspecified atom stereocenters. The van der Waals surface area contributed by atoms with Gasteiger partial charge in [0.2, 0.25) is 0 Å². The summed E-state index contributed by atoms with van der Waals surface area (Å²) in [7, 11) is 7.16. The highest BCUT2D eigenvalue weighted by Gasteiger charge is 2.04. The van der Waals surface area contributed by atoms with E-state index in [1.165, 1.54) is 5.56 Å². The number of ether oxygens (including phenoxy) is 3. The first-order chi connectivity index (χ1) is 12.6. The minimum absolute atomic E-state index is 0.495. The number of hydrogen-bond donors (Lipinski definition) is 1. The fraction of sp³-hybridized carbons (Fsp3) is 0.350. The maximum atomic E-state index is 5.79. The Kier molecular flexibility index (Phi) is 7.61. The van der Waals surface area contributed by atoms with Crippen molar-refractivity contribution in [3.63, 3.8) is 0 Å². The Hall–Kier alpha value is -2.89. The van der Waals surface area contributed by atoms with Gasteiger partial charge in [-0.05, 0) is 5.56 Å². The molecule has 0 aliphatic heterocycles. The lowest BCUT2D eigenvalue weighted by molar-refractivity contribution is 0.313. The summed E-state index contributed by atoms with van der Waals surface area (Å²) in [5.41, 5.74) is 1.17. The minimum atomic E-state index is 0.495. The summed E-state index contributed by atoms with van der Waals surface area (Å²) in [6.45, 7) is 1.76. The number of nitrogens with zero attached hydrogens (tertiary/aromatic N) is 2. The molecular weight excluding hydrogens is 330 g/mol. The molecule has 0 saturated heterocycles. The molecule has 0 saturated carbocycles. The number of rotatable bonds is 8. The summed E-state index contributed by atoms with van der Waals surface area (Å²) in [6, 6.07) is 15.6. The van der Waals surface area contributed by atoms with E-state index in [9.17, 15) is 0 Å². The molecule has 2 aromatic rings. The van der Waals surface area contributed by atoms with Gasteiger partial charge in [0.15, 0.2) is 5.96 Å². The van der Waals surface area contributed by atoms with E-state index in [1.54, 1.807) is 14.2 Å². The Balaban J connectivity index is 1.86. The minimum Gasteiger partial charge on any atom is -0.496 e. The van der Waals surface area contributed by atoms with Gasteiger partial charge in [-0.3, -0.25) is 0 Å². The van der Waals surface area contributed by atoms with E-state index >= 15 is 0 Å². The Morgan fingerprint density at radius 2 is 1.58 bits per heavy atom. The van der Waals surface area contributed by atoms with Gasteiger partial charge in [-0.15, -0.1) is 0 Å². The molecule has 2 aromatic carbocycles. The van der Waals surface area contributed by atoms with Crippen molar-refractivity contribution in [2.45, 2.75) is 6.54 Å². The molecule has 0 radical (unpaired) electrons. The lowest BCUT2D eigenvalue weighted by Crippen LogP contribution is -2.38. The van der Waals surface area contributed by atoms with Crippen molar-refractivity contribution in [2.75, 3.05) is 41.5 Å². The molecular formula is C20H27N3O3. The summed E-state index contributed by atoms with van der Waals surface area (Å²) < 4.78 is 16.3. The van der Waals surface area contributed by atoms with Gasteiger partial charge in [0.25, 0.3) is 0 Å². The predicted octanol–water partition coefficient (Wildman–Crippen LogP) is 2.79. The van der Waals surface area contributed by atoms with Crippen molar-refractivity contribution in [2.24, 2.45) is 4.99 Å². The number of guanidine groups is 1. The Morgan fingerprint density at radius 1 is 0.962 bits per heavy atom. The van der Waals surface area contributed by atoms with E-state index in [2.05, 4.69) is 22.4 Å². The van der Waals surface area contributed by atoms with Crippen molar-refractivity contribution in [1.29, 1.82) is 0 Å². The zero-order valence-electron chi connectivity index (χ0n) is 15.9. The van der Waals surface area contributed by atoms with Crippen LogP contribution in [0.15, 0.2) is 53.5 Å². The van der Waals surface area contributed by atoms with Crippen LogP contribution in [0.25, 0.3) is 0 Å². The number of aliphatic imine (C=N–C) groups is 1. The normalized spacial score (nSPS) is 11.0. The van der Waals surface area contributed by atoms with Crippen molar-refractivity contribution >= 4 is 5.96 Å². The zero-order chi connectivity index (χ0) is 18.8. The fourth-order valence-corrected chi connectivity index (χ4v) is 2.30. The van der Waals surface area contributed by atoms with Gasteiger partial charge >= 0.3 is 0 Å². The fourth-order valence-electron chi connectivity index (χ4n) is 2.30. The van der Waals surface area contributed by atoms with E-state index in [1.807, 2.05) is 55.4 Å². The molecule has 0 aromatic heterocycles. The van der Waals surface area contributed by atoms with Crippen LogP contribution in [0.3, 0.4) is 0 Å². The van der Waals surface area contributed by atoms with E-state index < -0.39 is 0 Å². The second-order valence-corrected chi connectivity index (χ2v) is 5.84. The average molecular weight is 357 g/mol. The third-order valence-electron chi connectivity index (χ3n) is 3.66. The van der Waals surface area contributed by atoms with Crippen LogP contribution in [-0.2, 0) is 6.54 Å².